The molecule has 0 aliphatic rings. The van der Waals surface area contributed by atoms with Crippen LogP contribution in [0.2, 0.25) is 0 Å². The molecule has 5 heteroatoms. The van der Waals surface area contributed by atoms with Gasteiger partial charge in [-0.2, -0.15) is 0 Å². The summed E-state index contributed by atoms with van der Waals surface area (Å²) >= 11 is 3.46. The van der Waals surface area contributed by atoms with E-state index in [1.807, 2.05) is 67.6 Å². The van der Waals surface area contributed by atoms with Gasteiger partial charge in [0.25, 0.3) is 5.91 Å². The van der Waals surface area contributed by atoms with Crippen LogP contribution in [0, 0.1) is 6.92 Å². The molecule has 0 saturated heterocycles. The van der Waals surface area contributed by atoms with E-state index in [4.69, 9.17) is 5.73 Å². The van der Waals surface area contributed by atoms with Crippen molar-refractivity contribution in [3.8, 4) is 11.1 Å². The number of carbonyl (C=O) groups excluding carboxylic acids is 1. The Morgan fingerprint density at radius 3 is 2.68 bits per heavy atom. The number of pyridine rings is 1. The normalized spacial score (nSPS) is 10.8. The third-order valence-electron chi connectivity index (χ3n) is 4.65. The Labute approximate surface area is 171 Å². The van der Waals surface area contributed by atoms with E-state index in [2.05, 4.69) is 26.2 Å². The zero-order valence-corrected chi connectivity index (χ0v) is 16.8. The number of nitrogens with zero attached hydrogens (tertiary/aromatic N) is 1. The van der Waals surface area contributed by atoms with Crippen molar-refractivity contribution >= 4 is 44.1 Å². The molecule has 4 aromatic rings. The number of aromatic nitrogens is 1. The highest BCUT2D eigenvalue weighted by atomic mass is 79.9. The highest BCUT2D eigenvalue weighted by Crippen LogP contribution is 2.31. The molecule has 0 aliphatic carbocycles. The number of hydrogen-bond acceptors (Lipinski definition) is 3. The van der Waals surface area contributed by atoms with Crippen molar-refractivity contribution in [2.75, 3.05) is 11.1 Å². The number of para-hydroxylation sites is 1. The fraction of sp³-hybridized carbons (Fsp3) is 0.0435. The number of hydrogen-bond donors (Lipinski definition) is 2. The van der Waals surface area contributed by atoms with E-state index in [9.17, 15) is 4.79 Å². The summed E-state index contributed by atoms with van der Waals surface area (Å²) < 4.78 is 0.981. The van der Waals surface area contributed by atoms with Gasteiger partial charge in [0.05, 0.1) is 11.2 Å². The fourth-order valence-electron chi connectivity index (χ4n) is 3.20. The van der Waals surface area contributed by atoms with Crippen LogP contribution in [0.5, 0.6) is 0 Å². The van der Waals surface area contributed by atoms with Gasteiger partial charge in [-0.25, -0.2) is 0 Å². The number of anilines is 2. The second kappa shape index (κ2) is 7.44. The lowest BCUT2D eigenvalue weighted by Gasteiger charge is -2.11. The highest BCUT2D eigenvalue weighted by Gasteiger charge is 2.10. The minimum Gasteiger partial charge on any atom is -0.397 e. The van der Waals surface area contributed by atoms with Crippen molar-refractivity contribution in [1.82, 2.24) is 4.98 Å². The van der Waals surface area contributed by atoms with E-state index in [0.717, 1.165) is 37.8 Å². The van der Waals surface area contributed by atoms with Crippen LogP contribution in [0.15, 0.2) is 77.4 Å². The molecule has 0 spiro atoms. The third kappa shape index (κ3) is 3.49. The van der Waals surface area contributed by atoms with Crippen molar-refractivity contribution in [1.29, 1.82) is 0 Å². The van der Waals surface area contributed by atoms with Crippen LogP contribution >= 0.6 is 15.9 Å². The molecular weight excluding hydrogens is 414 g/mol. The molecule has 3 N–H and O–H groups in total. The van der Waals surface area contributed by atoms with Gasteiger partial charge >= 0.3 is 0 Å². The molecule has 0 unspecified atom stereocenters. The molecule has 4 nitrogen and oxygen atoms in total. The fourth-order valence-corrected chi connectivity index (χ4v) is 3.45. The lowest BCUT2D eigenvalue weighted by molar-refractivity contribution is 0.102. The summed E-state index contributed by atoms with van der Waals surface area (Å²) in [4.78, 5) is 17.0. The minimum absolute atomic E-state index is 0.142. The molecule has 1 aromatic heterocycles. The van der Waals surface area contributed by atoms with Gasteiger partial charge in [0.1, 0.15) is 0 Å². The molecule has 1 amide bonds. The van der Waals surface area contributed by atoms with Gasteiger partial charge in [0.2, 0.25) is 0 Å². The molecular formula is C23H18BrN3O. The summed E-state index contributed by atoms with van der Waals surface area (Å²) in [5, 5.41) is 3.96. The molecule has 4 rings (SSSR count). The quantitative estimate of drug-likeness (QED) is 0.402. The Hall–Kier alpha value is -3.18. The Kier molecular flexibility index (Phi) is 4.84. The summed E-state index contributed by atoms with van der Waals surface area (Å²) in [5.74, 6) is -0.142. The molecule has 138 valence electrons. The molecule has 3 aromatic carbocycles. The van der Waals surface area contributed by atoms with Gasteiger partial charge < -0.3 is 11.1 Å². The molecule has 0 aliphatic heterocycles. The number of carbonyl (C=O) groups is 1. The van der Waals surface area contributed by atoms with Crippen molar-refractivity contribution in [3.05, 3.63) is 88.5 Å². The number of fused-ring (bicyclic) bond motifs is 1. The van der Waals surface area contributed by atoms with Crippen LogP contribution in [0.25, 0.3) is 22.0 Å². The number of nitrogens with one attached hydrogen (secondary N) is 1. The molecule has 0 atom stereocenters. The van der Waals surface area contributed by atoms with Gasteiger partial charge in [-0.3, -0.25) is 9.78 Å². The topological polar surface area (TPSA) is 68.0 Å². The standard InChI is InChI=1S/C23H18BrN3O/c1-14-12-16(8-9-20(14)24)23(28)27-17-5-2-4-15(13-17)18-10-11-26-22-19(18)6-3-7-21(22)25/h2-13H,25H2,1H3,(H,27,28). The maximum atomic E-state index is 12.6. The van der Waals surface area contributed by atoms with Crippen LogP contribution < -0.4 is 11.1 Å². The second-order valence-corrected chi connectivity index (χ2v) is 7.46. The number of nitrogens with two attached hydrogens (primary N) is 1. The summed E-state index contributed by atoms with van der Waals surface area (Å²) in [5.41, 5.74) is 11.9. The summed E-state index contributed by atoms with van der Waals surface area (Å²) in [6.45, 7) is 1.96. The van der Waals surface area contributed by atoms with Crippen LogP contribution in [-0.4, -0.2) is 10.9 Å². The van der Waals surface area contributed by atoms with Gasteiger partial charge in [-0.15, -0.1) is 0 Å². The van der Waals surface area contributed by atoms with Crippen molar-refractivity contribution in [2.45, 2.75) is 6.92 Å². The van der Waals surface area contributed by atoms with Crippen LogP contribution in [-0.2, 0) is 0 Å². The van der Waals surface area contributed by atoms with E-state index in [-0.39, 0.29) is 5.91 Å². The highest BCUT2D eigenvalue weighted by molar-refractivity contribution is 9.10. The molecule has 1 heterocycles. The summed E-state index contributed by atoms with van der Waals surface area (Å²) in [7, 11) is 0. The average Bonchev–Trinajstić information content (AvgIpc) is 2.70. The summed E-state index contributed by atoms with van der Waals surface area (Å²) in [6.07, 6.45) is 1.75. The zero-order valence-electron chi connectivity index (χ0n) is 15.2. The Morgan fingerprint density at radius 1 is 1.04 bits per heavy atom. The van der Waals surface area contributed by atoms with Gasteiger partial charge in [0.15, 0.2) is 0 Å². The molecule has 0 bridgehead atoms. The van der Waals surface area contributed by atoms with E-state index in [1.165, 1.54) is 0 Å². The average molecular weight is 432 g/mol. The first-order valence-corrected chi connectivity index (χ1v) is 9.63. The SMILES string of the molecule is Cc1cc(C(=O)Nc2cccc(-c3ccnc4c(N)cccc34)c2)ccc1Br. The monoisotopic (exact) mass is 431 g/mol. The Bertz CT molecular complexity index is 1200. The Morgan fingerprint density at radius 2 is 1.86 bits per heavy atom. The van der Waals surface area contributed by atoms with Crippen LogP contribution in [0.1, 0.15) is 15.9 Å². The first kappa shape index (κ1) is 18.2. The first-order chi connectivity index (χ1) is 13.5. The zero-order chi connectivity index (χ0) is 19.7. The number of nitrogen functional groups attached to an aromatic ring is 1. The predicted molar refractivity (Wildman–Crippen MR) is 118 cm³/mol. The lowest BCUT2D eigenvalue weighted by atomic mass is 10.0. The number of amides is 1. The first-order valence-electron chi connectivity index (χ1n) is 8.84. The molecule has 0 radical (unpaired) electrons. The number of rotatable bonds is 3. The maximum Gasteiger partial charge on any atom is 0.255 e. The molecule has 28 heavy (non-hydrogen) atoms. The van der Waals surface area contributed by atoms with Crippen molar-refractivity contribution in [3.63, 3.8) is 0 Å². The number of halogens is 1. The maximum absolute atomic E-state index is 12.6. The van der Waals surface area contributed by atoms with E-state index >= 15 is 0 Å². The minimum atomic E-state index is -0.142. The smallest absolute Gasteiger partial charge is 0.255 e. The molecule has 0 fully saturated rings. The van der Waals surface area contributed by atoms with E-state index in [0.29, 0.717) is 11.3 Å². The number of benzene rings is 3. The van der Waals surface area contributed by atoms with E-state index in [1.54, 1.807) is 12.3 Å². The summed E-state index contributed by atoms with van der Waals surface area (Å²) in [6, 6.07) is 21.1. The van der Waals surface area contributed by atoms with Gasteiger partial charge in [-0.05, 0) is 66.1 Å². The lowest BCUT2D eigenvalue weighted by Crippen LogP contribution is -2.12. The second-order valence-electron chi connectivity index (χ2n) is 6.60. The Balaban J connectivity index is 1.68. The van der Waals surface area contributed by atoms with Gasteiger partial charge in [0, 0.05) is 27.3 Å². The van der Waals surface area contributed by atoms with Crippen LogP contribution in [0.4, 0.5) is 11.4 Å². The van der Waals surface area contributed by atoms with Crippen molar-refractivity contribution < 1.29 is 4.79 Å². The molecule has 0 saturated carbocycles. The third-order valence-corrected chi connectivity index (χ3v) is 5.54. The van der Waals surface area contributed by atoms with E-state index < -0.39 is 0 Å². The number of aryl methyl sites for hydroxylation is 1. The largest absolute Gasteiger partial charge is 0.397 e. The predicted octanol–water partition coefficient (Wildman–Crippen LogP) is 5.81. The van der Waals surface area contributed by atoms with Gasteiger partial charge in [-0.1, -0.05) is 40.2 Å². The van der Waals surface area contributed by atoms with Crippen LogP contribution in [0.3, 0.4) is 0 Å². The van der Waals surface area contributed by atoms with Crippen molar-refractivity contribution in [2.24, 2.45) is 0 Å².